The van der Waals surface area contributed by atoms with Crippen molar-refractivity contribution in [2.24, 2.45) is 0 Å². The summed E-state index contributed by atoms with van der Waals surface area (Å²) in [6.45, 7) is 3.70. The smallest absolute Gasteiger partial charge is 0.262 e. The number of amides is 1. The van der Waals surface area contributed by atoms with Gasteiger partial charge in [0.2, 0.25) is 5.88 Å². The molecule has 0 saturated carbocycles. The number of hydrogen-bond donors (Lipinski definition) is 2. The number of pyridine rings is 1. The molecule has 3 rings (SSSR count). The van der Waals surface area contributed by atoms with E-state index in [0.29, 0.717) is 17.2 Å². The summed E-state index contributed by atoms with van der Waals surface area (Å²) in [4.78, 5) is 16.6. The largest absolute Gasteiger partial charge is 0.493 e. The van der Waals surface area contributed by atoms with Crippen molar-refractivity contribution >= 4 is 21.6 Å². The number of carbonyl (C=O) groups excluding carboxylic acids is 1. The molecule has 1 heterocycles. The Labute approximate surface area is 192 Å². The van der Waals surface area contributed by atoms with Gasteiger partial charge in [0.25, 0.3) is 15.9 Å². The molecule has 0 fully saturated rings. The van der Waals surface area contributed by atoms with Crippen molar-refractivity contribution in [1.29, 1.82) is 0 Å². The lowest BCUT2D eigenvalue weighted by atomic mass is 10.2. The van der Waals surface area contributed by atoms with Crippen molar-refractivity contribution in [3.05, 3.63) is 66.4 Å². The van der Waals surface area contributed by atoms with Crippen LogP contribution >= 0.6 is 0 Å². The number of aromatic nitrogens is 1. The molecule has 0 bridgehead atoms. The maximum Gasteiger partial charge on any atom is 0.262 e. The number of carbonyl (C=O) groups is 1. The minimum Gasteiger partial charge on any atom is -0.493 e. The SMILES string of the molecule is COc1ccc(S(=O)(=O)Nc2cccc(Oc3ncccc3C(=O)NC(C)C)c2)cc1OC. The number of anilines is 1. The molecular weight excluding hydrogens is 446 g/mol. The molecule has 3 aromatic rings. The van der Waals surface area contributed by atoms with Crippen molar-refractivity contribution in [2.45, 2.75) is 24.8 Å². The Kier molecular flexibility index (Phi) is 7.39. The summed E-state index contributed by atoms with van der Waals surface area (Å²) in [5.41, 5.74) is 0.536. The first kappa shape index (κ1) is 23.9. The first-order valence-electron chi connectivity index (χ1n) is 10.0. The Morgan fingerprint density at radius 1 is 0.970 bits per heavy atom. The molecule has 0 saturated heterocycles. The van der Waals surface area contributed by atoms with Gasteiger partial charge in [0.15, 0.2) is 11.5 Å². The highest BCUT2D eigenvalue weighted by molar-refractivity contribution is 7.92. The first-order chi connectivity index (χ1) is 15.7. The lowest BCUT2D eigenvalue weighted by Crippen LogP contribution is -2.30. The number of methoxy groups -OCH3 is 2. The third-order valence-electron chi connectivity index (χ3n) is 4.40. The van der Waals surface area contributed by atoms with Crippen LogP contribution in [-0.4, -0.2) is 39.6 Å². The number of rotatable bonds is 9. The van der Waals surface area contributed by atoms with Crippen molar-refractivity contribution in [3.63, 3.8) is 0 Å². The summed E-state index contributed by atoms with van der Waals surface area (Å²) in [5, 5.41) is 2.79. The highest BCUT2D eigenvalue weighted by atomic mass is 32.2. The van der Waals surface area contributed by atoms with E-state index in [9.17, 15) is 13.2 Å². The zero-order valence-electron chi connectivity index (χ0n) is 18.7. The lowest BCUT2D eigenvalue weighted by molar-refractivity contribution is 0.0940. The van der Waals surface area contributed by atoms with Gasteiger partial charge in [-0.15, -0.1) is 0 Å². The van der Waals surface area contributed by atoms with Gasteiger partial charge < -0.3 is 19.5 Å². The fourth-order valence-electron chi connectivity index (χ4n) is 2.92. The van der Waals surface area contributed by atoms with Gasteiger partial charge in [0, 0.05) is 24.4 Å². The predicted octanol–water partition coefficient (Wildman–Crippen LogP) is 3.83. The highest BCUT2D eigenvalue weighted by Gasteiger charge is 2.19. The standard InChI is InChI=1S/C23H25N3O6S/c1-15(2)25-22(27)19-9-6-12-24-23(19)32-17-8-5-7-16(13-17)26-33(28,29)18-10-11-20(30-3)21(14-18)31-4/h5-15,26H,1-4H3,(H,25,27). The predicted molar refractivity (Wildman–Crippen MR) is 124 cm³/mol. The van der Waals surface area contributed by atoms with E-state index in [-0.39, 0.29) is 34.0 Å². The third kappa shape index (κ3) is 5.92. The Bertz CT molecular complexity index is 1240. The molecule has 0 aliphatic heterocycles. The van der Waals surface area contributed by atoms with E-state index in [2.05, 4.69) is 15.0 Å². The summed E-state index contributed by atoms with van der Waals surface area (Å²) in [7, 11) is -1.02. The fraction of sp³-hybridized carbons (Fsp3) is 0.217. The van der Waals surface area contributed by atoms with Crippen LogP contribution in [0.1, 0.15) is 24.2 Å². The van der Waals surface area contributed by atoms with E-state index in [1.165, 1.54) is 44.7 Å². The van der Waals surface area contributed by atoms with E-state index in [4.69, 9.17) is 14.2 Å². The second-order valence-electron chi connectivity index (χ2n) is 7.24. The quantitative estimate of drug-likeness (QED) is 0.487. The van der Waals surface area contributed by atoms with Crippen LogP contribution in [0.3, 0.4) is 0 Å². The summed E-state index contributed by atoms with van der Waals surface area (Å²) in [6, 6.07) is 13.8. The number of ether oxygens (including phenoxy) is 3. The summed E-state index contributed by atoms with van der Waals surface area (Å²) < 4.78 is 44.4. The molecule has 2 N–H and O–H groups in total. The Hall–Kier alpha value is -3.79. The molecule has 0 unspecified atom stereocenters. The zero-order valence-corrected chi connectivity index (χ0v) is 19.5. The van der Waals surface area contributed by atoms with Gasteiger partial charge in [-0.3, -0.25) is 9.52 Å². The van der Waals surface area contributed by atoms with Crippen molar-refractivity contribution in [2.75, 3.05) is 18.9 Å². The van der Waals surface area contributed by atoms with Crippen molar-refractivity contribution < 1.29 is 27.4 Å². The minimum absolute atomic E-state index is 0.00356. The molecule has 0 atom stereocenters. The van der Waals surface area contributed by atoms with Gasteiger partial charge in [-0.05, 0) is 50.2 Å². The molecule has 1 amide bonds. The second-order valence-corrected chi connectivity index (χ2v) is 8.92. The van der Waals surface area contributed by atoms with Gasteiger partial charge in [-0.25, -0.2) is 13.4 Å². The molecule has 33 heavy (non-hydrogen) atoms. The summed E-state index contributed by atoms with van der Waals surface area (Å²) >= 11 is 0. The molecule has 2 aromatic carbocycles. The van der Waals surface area contributed by atoms with Crippen LogP contribution in [0.5, 0.6) is 23.1 Å². The van der Waals surface area contributed by atoms with Crippen LogP contribution in [0.15, 0.2) is 65.7 Å². The van der Waals surface area contributed by atoms with Gasteiger partial charge in [0.05, 0.1) is 24.8 Å². The number of nitrogens with zero attached hydrogens (tertiary/aromatic N) is 1. The molecule has 0 aliphatic rings. The number of nitrogens with one attached hydrogen (secondary N) is 2. The highest BCUT2D eigenvalue weighted by Crippen LogP contribution is 2.31. The average molecular weight is 472 g/mol. The van der Waals surface area contributed by atoms with E-state index >= 15 is 0 Å². The fourth-order valence-corrected chi connectivity index (χ4v) is 3.98. The molecule has 0 radical (unpaired) electrons. The molecular formula is C23H25N3O6S. The van der Waals surface area contributed by atoms with Crippen molar-refractivity contribution in [1.82, 2.24) is 10.3 Å². The summed E-state index contributed by atoms with van der Waals surface area (Å²) in [5.74, 6) is 0.799. The Morgan fingerprint density at radius 3 is 2.42 bits per heavy atom. The van der Waals surface area contributed by atoms with Crippen molar-refractivity contribution in [3.8, 4) is 23.1 Å². The van der Waals surface area contributed by atoms with Crippen LogP contribution in [0.25, 0.3) is 0 Å². The maximum absolute atomic E-state index is 12.9. The molecule has 0 spiro atoms. The van der Waals surface area contributed by atoms with E-state index < -0.39 is 10.0 Å². The molecule has 9 nitrogen and oxygen atoms in total. The Morgan fingerprint density at radius 2 is 1.73 bits per heavy atom. The normalized spacial score (nSPS) is 11.1. The summed E-state index contributed by atoms with van der Waals surface area (Å²) in [6.07, 6.45) is 1.51. The number of benzene rings is 2. The van der Waals surface area contributed by atoms with Gasteiger partial charge >= 0.3 is 0 Å². The van der Waals surface area contributed by atoms with Gasteiger partial charge in [-0.1, -0.05) is 6.07 Å². The van der Waals surface area contributed by atoms with Crippen LogP contribution in [-0.2, 0) is 10.0 Å². The Balaban J connectivity index is 1.83. The first-order valence-corrected chi connectivity index (χ1v) is 11.5. The van der Waals surface area contributed by atoms with Gasteiger partial charge in [-0.2, -0.15) is 0 Å². The number of sulfonamides is 1. The average Bonchev–Trinajstić information content (AvgIpc) is 2.78. The maximum atomic E-state index is 12.9. The van der Waals surface area contributed by atoms with Crippen LogP contribution < -0.4 is 24.2 Å². The minimum atomic E-state index is -3.92. The van der Waals surface area contributed by atoms with E-state index in [1.807, 2.05) is 13.8 Å². The molecule has 0 aliphatic carbocycles. The van der Waals surface area contributed by atoms with Gasteiger partial charge in [0.1, 0.15) is 11.3 Å². The molecule has 1 aromatic heterocycles. The molecule has 174 valence electrons. The number of hydrogen-bond acceptors (Lipinski definition) is 7. The van der Waals surface area contributed by atoms with Crippen LogP contribution in [0, 0.1) is 0 Å². The van der Waals surface area contributed by atoms with E-state index in [0.717, 1.165) is 0 Å². The molecule has 10 heteroatoms. The van der Waals surface area contributed by atoms with Crippen LogP contribution in [0.4, 0.5) is 5.69 Å². The zero-order chi connectivity index (χ0) is 24.0. The third-order valence-corrected chi connectivity index (χ3v) is 5.78. The lowest BCUT2D eigenvalue weighted by Gasteiger charge is -2.14. The topological polar surface area (TPSA) is 116 Å². The van der Waals surface area contributed by atoms with Crippen LogP contribution in [0.2, 0.25) is 0 Å². The van der Waals surface area contributed by atoms with E-state index in [1.54, 1.807) is 30.3 Å². The second kappa shape index (κ2) is 10.2. The monoisotopic (exact) mass is 471 g/mol.